The second-order valence-electron chi connectivity index (χ2n) is 7.98. The van der Waals surface area contributed by atoms with Crippen molar-refractivity contribution in [2.24, 2.45) is 5.92 Å². The number of piperazine rings is 1. The van der Waals surface area contributed by atoms with E-state index in [4.69, 9.17) is 11.6 Å². The zero-order valence-electron chi connectivity index (χ0n) is 16.5. The molecule has 2 aliphatic heterocycles. The molecule has 0 aliphatic carbocycles. The van der Waals surface area contributed by atoms with E-state index in [0.29, 0.717) is 22.5 Å². The van der Waals surface area contributed by atoms with E-state index in [-0.39, 0.29) is 12.5 Å². The molecule has 0 radical (unpaired) electrons. The number of benzene rings is 1. The smallest absolute Gasteiger partial charge is 0.254 e. The molecule has 0 unspecified atom stereocenters. The lowest BCUT2D eigenvalue weighted by Gasteiger charge is -2.46. The van der Waals surface area contributed by atoms with Crippen molar-refractivity contribution in [3.05, 3.63) is 34.3 Å². The van der Waals surface area contributed by atoms with E-state index < -0.39 is 0 Å². The van der Waals surface area contributed by atoms with E-state index in [1.807, 2.05) is 30.0 Å². The fourth-order valence-electron chi connectivity index (χ4n) is 4.49. The summed E-state index contributed by atoms with van der Waals surface area (Å²) in [6, 6.07) is 6.06. The summed E-state index contributed by atoms with van der Waals surface area (Å²) in [6.45, 7) is 8.08. The predicted octanol–water partition coefficient (Wildman–Crippen LogP) is 2.50. The number of aliphatic hydroxyl groups is 1. The van der Waals surface area contributed by atoms with Gasteiger partial charge in [0, 0.05) is 62.5 Å². The molecule has 2 aliphatic rings. The quantitative estimate of drug-likeness (QED) is 0.834. The van der Waals surface area contributed by atoms with Gasteiger partial charge in [0.2, 0.25) is 0 Å². The fourth-order valence-corrected chi connectivity index (χ4v) is 4.66. The van der Waals surface area contributed by atoms with Gasteiger partial charge in [-0.15, -0.1) is 0 Å². The van der Waals surface area contributed by atoms with Crippen LogP contribution in [0.5, 0.6) is 0 Å². The number of aliphatic hydroxyl groups excluding tert-OH is 1. The van der Waals surface area contributed by atoms with E-state index in [1.165, 1.54) is 0 Å². The van der Waals surface area contributed by atoms with Crippen LogP contribution in [0, 0.1) is 12.8 Å². The van der Waals surface area contributed by atoms with Crippen LogP contribution in [0.15, 0.2) is 18.2 Å². The Hall–Kier alpha value is -1.14. The molecule has 150 valence electrons. The predicted molar refractivity (Wildman–Crippen MR) is 109 cm³/mol. The Kier molecular flexibility index (Phi) is 7.15. The minimum Gasteiger partial charge on any atom is -0.396 e. The van der Waals surface area contributed by atoms with Crippen LogP contribution < -0.4 is 0 Å². The Bertz CT molecular complexity index is 646. The van der Waals surface area contributed by atoms with Gasteiger partial charge >= 0.3 is 0 Å². The van der Waals surface area contributed by atoms with Crippen molar-refractivity contribution < 1.29 is 9.90 Å². The molecule has 5 nitrogen and oxygen atoms in total. The van der Waals surface area contributed by atoms with Crippen LogP contribution in [0.1, 0.15) is 35.2 Å². The second kappa shape index (κ2) is 9.37. The first-order chi connectivity index (χ1) is 13.0. The summed E-state index contributed by atoms with van der Waals surface area (Å²) in [5, 5.41) is 9.98. The number of hydrogen-bond acceptors (Lipinski definition) is 4. The summed E-state index contributed by atoms with van der Waals surface area (Å²) in [5.74, 6) is 0.499. The highest BCUT2D eigenvalue weighted by Crippen LogP contribution is 2.29. The fraction of sp³-hybridized carbons (Fsp3) is 0.667. The molecule has 3 rings (SSSR count). The Morgan fingerprint density at radius 3 is 2.67 bits per heavy atom. The van der Waals surface area contributed by atoms with Crippen molar-refractivity contribution in [1.29, 1.82) is 0 Å². The third-order valence-electron chi connectivity index (χ3n) is 6.22. The van der Waals surface area contributed by atoms with Gasteiger partial charge in [0.05, 0.1) is 0 Å². The third-order valence-corrected chi connectivity index (χ3v) is 6.63. The first-order valence-corrected chi connectivity index (χ1v) is 10.5. The SMILES string of the molecule is Cc1c(Cl)cccc1C(=O)N1CC[C@@H](N2CCN(C)CC2)[C@@H](CCCO)C1. The number of carbonyl (C=O) groups excluding carboxylic acids is 1. The van der Waals surface area contributed by atoms with Gasteiger partial charge in [-0.1, -0.05) is 17.7 Å². The molecule has 0 aromatic heterocycles. The van der Waals surface area contributed by atoms with Gasteiger partial charge < -0.3 is 14.9 Å². The van der Waals surface area contributed by atoms with Crippen molar-refractivity contribution >= 4 is 17.5 Å². The average molecular weight is 394 g/mol. The molecule has 0 saturated carbocycles. The highest BCUT2D eigenvalue weighted by atomic mass is 35.5. The molecule has 1 aromatic carbocycles. The van der Waals surface area contributed by atoms with Gasteiger partial charge in [-0.3, -0.25) is 9.69 Å². The van der Waals surface area contributed by atoms with Crippen molar-refractivity contribution in [2.75, 3.05) is 52.9 Å². The Labute approximate surface area is 167 Å². The summed E-state index contributed by atoms with van der Waals surface area (Å²) in [6.07, 6.45) is 2.77. The molecule has 2 heterocycles. The number of likely N-dealkylation sites (N-methyl/N-ethyl adjacent to an activating group) is 1. The molecule has 2 saturated heterocycles. The molecule has 2 atom stereocenters. The van der Waals surface area contributed by atoms with Crippen LogP contribution in [0.25, 0.3) is 0 Å². The lowest BCUT2D eigenvalue weighted by Crippen LogP contribution is -2.57. The lowest BCUT2D eigenvalue weighted by molar-refractivity contribution is 0.0217. The number of amides is 1. The molecule has 1 N–H and O–H groups in total. The Morgan fingerprint density at radius 1 is 1.22 bits per heavy atom. The van der Waals surface area contributed by atoms with Crippen LogP contribution in [0.2, 0.25) is 5.02 Å². The van der Waals surface area contributed by atoms with E-state index in [9.17, 15) is 9.90 Å². The molecule has 6 heteroatoms. The first-order valence-electron chi connectivity index (χ1n) is 10.1. The summed E-state index contributed by atoms with van der Waals surface area (Å²) < 4.78 is 0. The summed E-state index contributed by atoms with van der Waals surface area (Å²) in [4.78, 5) is 20.1. The van der Waals surface area contributed by atoms with Crippen LogP contribution in [0.4, 0.5) is 0 Å². The molecule has 0 spiro atoms. The number of carbonyl (C=O) groups is 1. The molecule has 0 bridgehead atoms. The highest BCUT2D eigenvalue weighted by molar-refractivity contribution is 6.31. The summed E-state index contributed by atoms with van der Waals surface area (Å²) >= 11 is 6.22. The zero-order valence-corrected chi connectivity index (χ0v) is 17.3. The van der Waals surface area contributed by atoms with Gasteiger partial charge in [-0.05, 0) is 56.8 Å². The standard InChI is InChI=1S/C21H32ClN3O2/c1-16-18(6-3-7-19(16)22)21(27)25-9-8-20(17(15-25)5-4-14-26)24-12-10-23(2)11-13-24/h3,6-7,17,20,26H,4-5,8-15H2,1-2H3/t17-,20+/m0/s1. The molecule has 1 aromatic rings. The third kappa shape index (κ3) is 4.83. The van der Waals surface area contributed by atoms with E-state index in [0.717, 1.165) is 64.1 Å². The number of nitrogens with zero attached hydrogens (tertiary/aromatic N) is 3. The maximum absolute atomic E-state index is 13.1. The van der Waals surface area contributed by atoms with Crippen molar-refractivity contribution in [3.63, 3.8) is 0 Å². The monoisotopic (exact) mass is 393 g/mol. The summed E-state index contributed by atoms with van der Waals surface area (Å²) in [7, 11) is 2.18. The number of halogens is 1. The molecule has 1 amide bonds. The number of likely N-dealkylation sites (tertiary alicyclic amines) is 1. The van der Waals surface area contributed by atoms with Gasteiger partial charge in [0.1, 0.15) is 0 Å². The van der Waals surface area contributed by atoms with Crippen LogP contribution in [-0.2, 0) is 0 Å². The summed E-state index contributed by atoms with van der Waals surface area (Å²) in [5.41, 5.74) is 1.57. The van der Waals surface area contributed by atoms with Crippen LogP contribution in [0.3, 0.4) is 0 Å². The van der Waals surface area contributed by atoms with E-state index in [1.54, 1.807) is 0 Å². The molecular formula is C21H32ClN3O2. The number of piperidine rings is 1. The largest absolute Gasteiger partial charge is 0.396 e. The number of rotatable bonds is 5. The second-order valence-corrected chi connectivity index (χ2v) is 8.39. The lowest BCUT2D eigenvalue weighted by atomic mass is 9.86. The minimum atomic E-state index is 0.0841. The normalized spacial score (nSPS) is 25.0. The zero-order chi connectivity index (χ0) is 19.4. The van der Waals surface area contributed by atoms with Gasteiger partial charge in [0.15, 0.2) is 0 Å². The topological polar surface area (TPSA) is 47.0 Å². The molecule has 27 heavy (non-hydrogen) atoms. The van der Waals surface area contributed by atoms with Crippen molar-refractivity contribution in [1.82, 2.24) is 14.7 Å². The van der Waals surface area contributed by atoms with Gasteiger partial charge in [-0.2, -0.15) is 0 Å². The van der Waals surface area contributed by atoms with Crippen LogP contribution in [-0.4, -0.2) is 84.7 Å². The van der Waals surface area contributed by atoms with Crippen molar-refractivity contribution in [2.45, 2.75) is 32.2 Å². The maximum Gasteiger partial charge on any atom is 0.254 e. The average Bonchev–Trinajstić information content (AvgIpc) is 2.68. The Morgan fingerprint density at radius 2 is 1.96 bits per heavy atom. The minimum absolute atomic E-state index is 0.0841. The van der Waals surface area contributed by atoms with Gasteiger partial charge in [0.25, 0.3) is 5.91 Å². The Balaban J connectivity index is 1.71. The maximum atomic E-state index is 13.1. The highest BCUT2D eigenvalue weighted by Gasteiger charge is 2.36. The number of hydrogen-bond donors (Lipinski definition) is 1. The first kappa shape index (κ1) is 20.6. The van der Waals surface area contributed by atoms with E-state index >= 15 is 0 Å². The molecular weight excluding hydrogens is 362 g/mol. The van der Waals surface area contributed by atoms with Crippen LogP contribution >= 0.6 is 11.6 Å². The molecule has 2 fully saturated rings. The van der Waals surface area contributed by atoms with Gasteiger partial charge in [-0.25, -0.2) is 0 Å². The van der Waals surface area contributed by atoms with E-state index in [2.05, 4.69) is 16.8 Å². The van der Waals surface area contributed by atoms with Crippen molar-refractivity contribution in [3.8, 4) is 0 Å².